The second-order valence-corrected chi connectivity index (χ2v) is 6.32. The summed E-state index contributed by atoms with van der Waals surface area (Å²) in [6, 6.07) is -0.270. The van der Waals surface area contributed by atoms with Crippen molar-refractivity contribution >= 4 is 18.3 Å². The summed E-state index contributed by atoms with van der Waals surface area (Å²) < 4.78 is 0. The summed E-state index contributed by atoms with van der Waals surface area (Å²) in [5.41, 5.74) is 6.43. The van der Waals surface area contributed by atoms with E-state index in [0.717, 1.165) is 25.9 Å². The molecule has 0 aromatic heterocycles. The molecule has 112 valence electrons. The Labute approximate surface area is 123 Å². The van der Waals surface area contributed by atoms with Crippen molar-refractivity contribution in [1.29, 1.82) is 0 Å². The molecular formula is C15H29ClN2O. The maximum atomic E-state index is 12.3. The normalized spacial score (nSPS) is 23.8. The van der Waals surface area contributed by atoms with Crippen molar-refractivity contribution in [2.45, 2.75) is 70.8 Å². The number of nitrogens with two attached hydrogens (primary N) is 1. The van der Waals surface area contributed by atoms with E-state index in [2.05, 4.69) is 11.8 Å². The fourth-order valence-corrected chi connectivity index (χ4v) is 3.77. The zero-order chi connectivity index (χ0) is 13.0. The molecule has 1 saturated heterocycles. The van der Waals surface area contributed by atoms with Crippen LogP contribution in [-0.2, 0) is 4.79 Å². The first kappa shape index (κ1) is 16.8. The van der Waals surface area contributed by atoms with Crippen LogP contribution in [0.3, 0.4) is 0 Å². The number of hydrogen-bond donors (Lipinski definition) is 1. The van der Waals surface area contributed by atoms with Gasteiger partial charge in [0.2, 0.25) is 5.91 Å². The van der Waals surface area contributed by atoms with Crippen LogP contribution in [0.5, 0.6) is 0 Å². The van der Waals surface area contributed by atoms with Crippen molar-refractivity contribution in [3.8, 4) is 0 Å². The smallest absolute Gasteiger partial charge is 0.239 e. The van der Waals surface area contributed by atoms with Gasteiger partial charge < -0.3 is 10.6 Å². The van der Waals surface area contributed by atoms with E-state index in [1.54, 1.807) is 0 Å². The monoisotopic (exact) mass is 288 g/mol. The summed E-state index contributed by atoms with van der Waals surface area (Å²) >= 11 is 0. The third kappa shape index (κ3) is 4.09. The van der Waals surface area contributed by atoms with Crippen LogP contribution in [-0.4, -0.2) is 29.9 Å². The van der Waals surface area contributed by atoms with E-state index < -0.39 is 0 Å². The van der Waals surface area contributed by atoms with E-state index in [0.29, 0.717) is 5.41 Å². The van der Waals surface area contributed by atoms with Crippen LogP contribution in [0.15, 0.2) is 0 Å². The summed E-state index contributed by atoms with van der Waals surface area (Å²) in [5, 5.41) is 0. The fourth-order valence-electron chi connectivity index (χ4n) is 3.77. The molecule has 1 amide bonds. The highest BCUT2D eigenvalue weighted by atomic mass is 35.5. The highest BCUT2D eigenvalue weighted by Gasteiger charge is 2.38. The Morgan fingerprint density at radius 2 is 1.84 bits per heavy atom. The van der Waals surface area contributed by atoms with Crippen molar-refractivity contribution in [1.82, 2.24) is 4.90 Å². The molecule has 0 radical (unpaired) electrons. The summed E-state index contributed by atoms with van der Waals surface area (Å²) in [6.07, 6.45) is 11.0. The Morgan fingerprint density at radius 3 is 2.47 bits per heavy atom. The van der Waals surface area contributed by atoms with Gasteiger partial charge in [-0.25, -0.2) is 0 Å². The number of carbonyl (C=O) groups is 1. The van der Waals surface area contributed by atoms with Gasteiger partial charge >= 0.3 is 0 Å². The van der Waals surface area contributed by atoms with Gasteiger partial charge in [-0.3, -0.25) is 4.79 Å². The number of halogens is 1. The van der Waals surface area contributed by atoms with Crippen LogP contribution < -0.4 is 5.73 Å². The average Bonchev–Trinajstić information content (AvgIpc) is 2.39. The lowest BCUT2D eigenvalue weighted by atomic mass is 9.69. The summed E-state index contributed by atoms with van der Waals surface area (Å²) in [4.78, 5) is 14.4. The zero-order valence-electron chi connectivity index (χ0n) is 12.2. The van der Waals surface area contributed by atoms with Crippen molar-refractivity contribution in [3.63, 3.8) is 0 Å². The molecule has 2 aliphatic rings. The van der Waals surface area contributed by atoms with Gasteiger partial charge in [0, 0.05) is 13.1 Å². The van der Waals surface area contributed by atoms with Crippen LogP contribution in [0.2, 0.25) is 0 Å². The minimum absolute atomic E-state index is 0. The van der Waals surface area contributed by atoms with Crippen LogP contribution in [0.4, 0.5) is 0 Å². The molecule has 1 aliphatic heterocycles. The first-order valence-electron chi connectivity index (χ1n) is 7.71. The van der Waals surface area contributed by atoms with Crippen LogP contribution in [0.25, 0.3) is 0 Å². The highest BCUT2D eigenvalue weighted by molar-refractivity contribution is 5.85. The third-order valence-electron chi connectivity index (χ3n) is 4.80. The molecular weight excluding hydrogens is 260 g/mol. The zero-order valence-corrected chi connectivity index (χ0v) is 13.0. The highest BCUT2D eigenvalue weighted by Crippen LogP contribution is 2.43. The molecule has 4 heteroatoms. The van der Waals surface area contributed by atoms with Crippen molar-refractivity contribution in [2.75, 3.05) is 13.1 Å². The number of rotatable bonds is 3. The van der Waals surface area contributed by atoms with Gasteiger partial charge in [-0.1, -0.05) is 32.6 Å². The minimum atomic E-state index is -0.270. The van der Waals surface area contributed by atoms with Gasteiger partial charge in [0.25, 0.3) is 0 Å². The standard InChI is InChI=1S/C15H28N2O.ClH/c1-2-7-13(16)14(18)17-11-6-10-15(12-17)8-4-3-5-9-15;/h13H,2-12,16H2,1H3;1H. The lowest BCUT2D eigenvalue weighted by Crippen LogP contribution is -2.51. The van der Waals surface area contributed by atoms with Crippen LogP contribution in [0.1, 0.15) is 64.7 Å². The number of likely N-dealkylation sites (tertiary alicyclic amines) is 1. The van der Waals surface area contributed by atoms with Gasteiger partial charge in [0.05, 0.1) is 6.04 Å². The molecule has 2 N–H and O–H groups in total. The number of piperidine rings is 1. The Morgan fingerprint density at radius 1 is 1.21 bits per heavy atom. The Hall–Kier alpha value is -0.280. The second kappa shape index (κ2) is 7.49. The molecule has 2 rings (SSSR count). The first-order chi connectivity index (χ1) is 8.67. The van der Waals surface area contributed by atoms with Gasteiger partial charge in [0.1, 0.15) is 0 Å². The van der Waals surface area contributed by atoms with Crippen molar-refractivity contribution < 1.29 is 4.79 Å². The van der Waals surface area contributed by atoms with Crippen LogP contribution in [0, 0.1) is 5.41 Å². The summed E-state index contributed by atoms with van der Waals surface area (Å²) in [6.45, 7) is 3.99. The van der Waals surface area contributed by atoms with E-state index in [1.165, 1.54) is 44.9 Å². The molecule has 3 nitrogen and oxygen atoms in total. The number of hydrogen-bond acceptors (Lipinski definition) is 2. The first-order valence-corrected chi connectivity index (χ1v) is 7.71. The van der Waals surface area contributed by atoms with Crippen LogP contribution >= 0.6 is 12.4 Å². The lowest BCUT2D eigenvalue weighted by Gasteiger charge is -2.45. The summed E-state index contributed by atoms with van der Waals surface area (Å²) in [7, 11) is 0. The molecule has 1 atom stereocenters. The van der Waals surface area contributed by atoms with E-state index in [4.69, 9.17) is 5.73 Å². The minimum Gasteiger partial charge on any atom is -0.341 e. The second-order valence-electron chi connectivity index (χ2n) is 6.32. The Kier molecular flexibility index (Phi) is 6.61. The molecule has 1 unspecified atom stereocenters. The fraction of sp³-hybridized carbons (Fsp3) is 0.933. The van der Waals surface area contributed by atoms with Gasteiger partial charge in [0.15, 0.2) is 0 Å². The van der Waals surface area contributed by atoms with Gasteiger partial charge in [-0.05, 0) is 37.5 Å². The molecule has 0 aromatic rings. The van der Waals surface area contributed by atoms with Gasteiger partial charge in [-0.2, -0.15) is 0 Å². The molecule has 1 saturated carbocycles. The Bertz CT molecular complexity index is 284. The third-order valence-corrected chi connectivity index (χ3v) is 4.80. The van der Waals surface area contributed by atoms with E-state index in [-0.39, 0.29) is 24.4 Å². The quantitative estimate of drug-likeness (QED) is 0.867. The maximum absolute atomic E-state index is 12.3. The summed E-state index contributed by atoms with van der Waals surface area (Å²) in [5.74, 6) is 0.196. The van der Waals surface area contributed by atoms with Gasteiger partial charge in [-0.15, -0.1) is 12.4 Å². The van der Waals surface area contributed by atoms with E-state index in [9.17, 15) is 4.79 Å². The number of carbonyl (C=O) groups excluding carboxylic acids is 1. The molecule has 0 aromatic carbocycles. The Balaban J connectivity index is 0.00000180. The lowest BCUT2D eigenvalue weighted by molar-refractivity contribution is -0.137. The van der Waals surface area contributed by atoms with Crippen molar-refractivity contribution in [3.05, 3.63) is 0 Å². The maximum Gasteiger partial charge on any atom is 0.239 e. The van der Waals surface area contributed by atoms with E-state index >= 15 is 0 Å². The number of nitrogens with zero attached hydrogens (tertiary/aromatic N) is 1. The average molecular weight is 289 g/mol. The molecule has 0 bridgehead atoms. The van der Waals surface area contributed by atoms with Crippen molar-refractivity contribution in [2.24, 2.45) is 11.1 Å². The molecule has 1 heterocycles. The molecule has 19 heavy (non-hydrogen) atoms. The number of amides is 1. The molecule has 1 spiro atoms. The largest absolute Gasteiger partial charge is 0.341 e. The predicted octanol–water partition coefficient (Wildman–Crippen LogP) is 3.11. The molecule has 1 aliphatic carbocycles. The SMILES string of the molecule is CCCC(N)C(=O)N1CCCC2(CCCCC2)C1.Cl. The van der Waals surface area contributed by atoms with E-state index in [1.807, 2.05) is 0 Å². The predicted molar refractivity (Wildman–Crippen MR) is 81.5 cm³/mol. The topological polar surface area (TPSA) is 46.3 Å². The molecule has 2 fully saturated rings.